The van der Waals surface area contributed by atoms with Gasteiger partial charge in [-0.1, -0.05) is 0 Å². The smallest absolute Gasteiger partial charge is 0.0933 e. The van der Waals surface area contributed by atoms with E-state index >= 15 is 0 Å². The van der Waals surface area contributed by atoms with Crippen molar-refractivity contribution >= 4 is 0 Å². The summed E-state index contributed by atoms with van der Waals surface area (Å²) in [5, 5.41) is 9.00. The van der Waals surface area contributed by atoms with Gasteiger partial charge >= 0.3 is 0 Å². The van der Waals surface area contributed by atoms with Crippen LogP contribution in [-0.2, 0) is 4.74 Å². The van der Waals surface area contributed by atoms with Gasteiger partial charge in [0.05, 0.1) is 26.0 Å². The van der Waals surface area contributed by atoms with Crippen molar-refractivity contribution in [2.75, 3.05) is 33.0 Å². The Labute approximate surface area is 91.2 Å². The van der Waals surface area contributed by atoms with Gasteiger partial charge in [-0.3, -0.25) is 9.29 Å². The molecule has 1 aliphatic heterocycles. The lowest BCUT2D eigenvalue weighted by molar-refractivity contribution is -0.0779. The first-order valence-corrected chi connectivity index (χ1v) is 5.80. The topological polar surface area (TPSA) is 32.7 Å². The number of rotatable bonds is 6. The first-order valence-electron chi connectivity index (χ1n) is 5.80. The number of hydrogen-bond acceptors (Lipinski definition) is 3. The first kappa shape index (κ1) is 12.9. The molecule has 0 aromatic rings. The van der Waals surface area contributed by atoms with Crippen molar-refractivity contribution in [3.8, 4) is 0 Å². The Kier molecular flexibility index (Phi) is 6.13. The molecule has 1 saturated heterocycles. The zero-order chi connectivity index (χ0) is 11.1. The zero-order valence-electron chi connectivity index (χ0n) is 9.49. The number of ether oxygens (including phenoxy) is 1. The molecule has 2 unspecified atom stereocenters. The van der Waals surface area contributed by atoms with Crippen molar-refractivity contribution in [2.45, 2.75) is 38.3 Å². The fraction of sp³-hybridized carbons (Fsp3) is 1.00. The van der Waals surface area contributed by atoms with E-state index in [9.17, 15) is 4.39 Å². The normalized spacial score (nSPS) is 28.2. The second-order valence-corrected chi connectivity index (χ2v) is 4.23. The van der Waals surface area contributed by atoms with Crippen LogP contribution in [-0.4, -0.2) is 55.1 Å². The molecular weight excluding hydrogens is 197 g/mol. The SMILES string of the molecule is CC1COC(CO)CN1CCCCCF. The maximum atomic E-state index is 11.9. The molecule has 4 heteroatoms. The third kappa shape index (κ3) is 4.45. The Balaban J connectivity index is 2.19. The Bertz CT molecular complexity index is 169. The molecule has 1 heterocycles. The van der Waals surface area contributed by atoms with Gasteiger partial charge in [0.25, 0.3) is 0 Å². The molecule has 0 amide bonds. The first-order chi connectivity index (χ1) is 7.27. The highest BCUT2D eigenvalue weighted by molar-refractivity contribution is 4.76. The van der Waals surface area contributed by atoms with E-state index in [1.54, 1.807) is 0 Å². The lowest BCUT2D eigenvalue weighted by atomic mass is 10.1. The second-order valence-electron chi connectivity index (χ2n) is 4.23. The van der Waals surface area contributed by atoms with Crippen molar-refractivity contribution in [3.63, 3.8) is 0 Å². The van der Waals surface area contributed by atoms with Gasteiger partial charge < -0.3 is 9.84 Å². The number of morpholine rings is 1. The fourth-order valence-corrected chi connectivity index (χ4v) is 1.88. The fourth-order valence-electron chi connectivity index (χ4n) is 1.88. The van der Waals surface area contributed by atoms with E-state index in [1.807, 2.05) is 0 Å². The number of unbranched alkanes of at least 4 members (excludes halogenated alkanes) is 2. The average Bonchev–Trinajstić information content (AvgIpc) is 2.26. The van der Waals surface area contributed by atoms with Gasteiger partial charge in [0.15, 0.2) is 0 Å². The van der Waals surface area contributed by atoms with Crippen molar-refractivity contribution in [1.82, 2.24) is 4.90 Å². The molecule has 0 spiro atoms. The molecule has 1 aliphatic rings. The van der Waals surface area contributed by atoms with E-state index in [4.69, 9.17) is 9.84 Å². The summed E-state index contributed by atoms with van der Waals surface area (Å²) in [6.07, 6.45) is 2.61. The Morgan fingerprint density at radius 1 is 1.40 bits per heavy atom. The molecule has 0 aromatic heterocycles. The quantitative estimate of drug-likeness (QED) is 0.682. The van der Waals surface area contributed by atoms with E-state index in [0.717, 1.165) is 25.9 Å². The monoisotopic (exact) mass is 219 g/mol. The van der Waals surface area contributed by atoms with Gasteiger partial charge in [0.1, 0.15) is 0 Å². The van der Waals surface area contributed by atoms with Crippen LogP contribution in [0.3, 0.4) is 0 Å². The summed E-state index contributed by atoms with van der Waals surface area (Å²) in [7, 11) is 0. The van der Waals surface area contributed by atoms with Gasteiger partial charge in [-0.2, -0.15) is 0 Å². The minimum atomic E-state index is -0.210. The van der Waals surface area contributed by atoms with Crippen LogP contribution in [0.15, 0.2) is 0 Å². The highest BCUT2D eigenvalue weighted by atomic mass is 19.1. The van der Waals surface area contributed by atoms with E-state index < -0.39 is 0 Å². The summed E-state index contributed by atoms with van der Waals surface area (Å²) in [5.74, 6) is 0. The highest BCUT2D eigenvalue weighted by Gasteiger charge is 2.24. The lowest BCUT2D eigenvalue weighted by Gasteiger charge is -2.37. The molecule has 0 radical (unpaired) electrons. The van der Waals surface area contributed by atoms with E-state index in [0.29, 0.717) is 19.1 Å². The van der Waals surface area contributed by atoms with E-state index in [2.05, 4.69) is 11.8 Å². The zero-order valence-corrected chi connectivity index (χ0v) is 9.49. The second kappa shape index (κ2) is 7.14. The number of aliphatic hydroxyl groups is 1. The summed E-state index contributed by atoms with van der Waals surface area (Å²) in [5.41, 5.74) is 0. The average molecular weight is 219 g/mol. The van der Waals surface area contributed by atoms with Crippen molar-refractivity contribution in [3.05, 3.63) is 0 Å². The molecule has 15 heavy (non-hydrogen) atoms. The van der Waals surface area contributed by atoms with Crippen LogP contribution in [0.5, 0.6) is 0 Å². The molecule has 1 N–H and O–H groups in total. The van der Waals surface area contributed by atoms with Gasteiger partial charge in [0.2, 0.25) is 0 Å². The van der Waals surface area contributed by atoms with Crippen molar-refractivity contribution in [2.24, 2.45) is 0 Å². The molecule has 2 atom stereocenters. The number of halogens is 1. The van der Waals surface area contributed by atoms with Gasteiger partial charge in [-0.15, -0.1) is 0 Å². The van der Waals surface area contributed by atoms with Crippen LogP contribution >= 0.6 is 0 Å². The predicted molar refractivity (Wildman–Crippen MR) is 57.7 cm³/mol. The predicted octanol–water partition coefficient (Wildman–Crippen LogP) is 1.21. The Hall–Kier alpha value is -0.190. The van der Waals surface area contributed by atoms with Crippen LogP contribution in [0.4, 0.5) is 4.39 Å². The van der Waals surface area contributed by atoms with Crippen LogP contribution in [0.1, 0.15) is 26.2 Å². The maximum Gasteiger partial charge on any atom is 0.0933 e. The summed E-state index contributed by atoms with van der Waals surface area (Å²) in [6, 6.07) is 0.415. The van der Waals surface area contributed by atoms with Crippen LogP contribution in [0, 0.1) is 0 Å². The molecule has 0 aromatic carbocycles. The van der Waals surface area contributed by atoms with E-state index in [1.165, 1.54) is 0 Å². The highest BCUT2D eigenvalue weighted by Crippen LogP contribution is 2.12. The van der Waals surface area contributed by atoms with E-state index in [-0.39, 0.29) is 19.4 Å². The molecular formula is C11H22FNO2. The lowest BCUT2D eigenvalue weighted by Crippen LogP contribution is -2.49. The largest absolute Gasteiger partial charge is 0.394 e. The minimum absolute atomic E-state index is 0.0395. The van der Waals surface area contributed by atoms with Gasteiger partial charge in [-0.25, -0.2) is 0 Å². The maximum absolute atomic E-state index is 11.9. The molecule has 0 aliphatic carbocycles. The number of nitrogens with zero attached hydrogens (tertiary/aromatic N) is 1. The van der Waals surface area contributed by atoms with Crippen LogP contribution < -0.4 is 0 Å². The molecule has 1 rings (SSSR count). The number of hydrogen-bond donors (Lipinski definition) is 1. The molecule has 0 saturated carbocycles. The van der Waals surface area contributed by atoms with Crippen LogP contribution in [0.25, 0.3) is 0 Å². The third-order valence-electron chi connectivity index (χ3n) is 2.92. The van der Waals surface area contributed by atoms with Crippen molar-refractivity contribution < 1.29 is 14.2 Å². The summed E-state index contributed by atoms with van der Waals surface area (Å²) in [4.78, 5) is 2.32. The summed E-state index contributed by atoms with van der Waals surface area (Å²) in [6.45, 7) is 4.48. The Morgan fingerprint density at radius 3 is 2.87 bits per heavy atom. The van der Waals surface area contributed by atoms with Crippen molar-refractivity contribution in [1.29, 1.82) is 0 Å². The standard InChI is InChI=1S/C11H22FNO2/c1-10-9-15-11(8-14)7-13(10)6-4-2-3-5-12/h10-11,14H,2-9H2,1H3. The molecule has 0 bridgehead atoms. The molecule has 3 nitrogen and oxygen atoms in total. The molecule has 90 valence electrons. The third-order valence-corrected chi connectivity index (χ3v) is 2.92. The summed E-state index contributed by atoms with van der Waals surface area (Å²) < 4.78 is 17.3. The Morgan fingerprint density at radius 2 is 2.20 bits per heavy atom. The van der Waals surface area contributed by atoms with Gasteiger partial charge in [-0.05, 0) is 32.7 Å². The van der Waals surface area contributed by atoms with Crippen LogP contribution in [0.2, 0.25) is 0 Å². The molecule has 1 fully saturated rings. The number of aliphatic hydroxyl groups excluding tert-OH is 1. The minimum Gasteiger partial charge on any atom is -0.394 e. The van der Waals surface area contributed by atoms with Gasteiger partial charge in [0, 0.05) is 12.6 Å². The summed E-state index contributed by atoms with van der Waals surface area (Å²) >= 11 is 0. The number of alkyl halides is 1.